The molecule has 0 aromatic carbocycles. The minimum Gasteiger partial charge on any atom is -0.347 e. The third-order valence-electron chi connectivity index (χ3n) is 1.69. The summed E-state index contributed by atoms with van der Waals surface area (Å²) in [6.07, 6.45) is 0.878. The van der Waals surface area contributed by atoms with Crippen molar-refractivity contribution in [1.29, 1.82) is 0 Å². The average molecular weight is 201 g/mol. The molecule has 0 aliphatic heterocycles. The Labute approximate surface area is 84.8 Å². The molecule has 5 nitrogen and oxygen atoms in total. The molecule has 0 radical (unpaired) electrons. The van der Waals surface area contributed by atoms with Gasteiger partial charge in [0, 0.05) is 20.6 Å². The predicted octanol–water partition coefficient (Wildman–Crippen LogP) is 0.172. The van der Waals surface area contributed by atoms with E-state index in [2.05, 4.69) is 10.6 Å². The van der Waals surface area contributed by atoms with Gasteiger partial charge in [-0.05, 0) is 13.3 Å². The first-order valence-corrected chi connectivity index (χ1v) is 4.74. The molecule has 5 heteroatoms. The van der Waals surface area contributed by atoms with Crippen LogP contribution in [0.15, 0.2) is 0 Å². The van der Waals surface area contributed by atoms with Crippen LogP contribution in [0, 0.1) is 0 Å². The maximum atomic E-state index is 11.3. The van der Waals surface area contributed by atoms with Crippen molar-refractivity contribution in [3.05, 3.63) is 0 Å². The Morgan fingerprint density at radius 2 is 1.93 bits per heavy atom. The van der Waals surface area contributed by atoms with Gasteiger partial charge in [0.1, 0.15) is 6.04 Å². The Morgan fingerprint density at radius 3 is 2.36 bits per heavy atom. The van der Waals surface area contributed by atoms with E-state index in [-0.39, 0.29) is 11.9 Å². The molecule has 0 aliphatic carbocycles. The highest BCUT2D eigenvalue weighted by Crippen LogP contribution is 1.88. The van der Waals surface area contributed by atoms with Crippen molar-refractivity contribution in [3.8, 4) is 0 Å². The lowest BCUT2D eigenvalue weighted by molar-refractivity contribution is -0.130. The fourth-order valence-corrected chi connectivity index (χ4v) is 0.935. The fraction of sp³-hybridized carbons (Fsp3) is 0.778. The van der Waals surface area contributed by atoms with E-state index >= 15 is 0 Å². The van der Waals surface area contributed by atoms with Crippen molar-refractivity contribution < 1.29 is 9.59 Å². The minimum absolute atomic E-state index is 0.114. The van der Waals surface area contributed by atoms with Gasteiger partial charge >= 0.3 is 6.03 Å². The normalized spacial score (nSPS) is 11.7. The summed E-state index contributed by atoms with van der Waals surface area (Å²) in [5, 5.41) is 5.19. The summed E-state index contributed by atoms with van der Waals surface area (Å²) in [7, 11) is 3.31. The molecule has 0 saturated carbocycles. The molecular weight excluding hydrogens is 182 g/mol. The number of carbonyl (C=O) groups excluding carboxylic acids is 2. The van der Waals surface area contributed by atoms with Crippen LogP contribution in [0.5, 0.6) is 0 Å². The lowest BCUT2D eigenvalue weighted by Crippen LogP contribution is -2.48. The van der Waals surface area contributed by atoms with Crippen molar-refractivity contribution in [2.75, 3.05) is 20.6 Å². The Hall–Kier alpha value is -1.26. The molecule has 1 unspecified atom stereocenters. The molecule has 1 atom stereocenters. The summed E-state index contributed by atoms with van der Waals surface area (Å²) in [6.45, 7) is 4.25. The molecule has 0 fully saturated rings. The van der Waals surface area contributed by atoms with Crippen LogP contribution >= 0.6 is 0 Å². The number of hydrogen-bond acceptors (Lipinski definition) is 2. The third kappa shape index (κ3) is 4.69. The molecule has 0 aromatic heterocycles. The topological polar surface area (TPSA) is 61.4 Å². The van der Waals surface area contributed by atoms with Gasteiger partial charge in [0.05, 0.1) is 0 Å². The van der Waals surface area contributed by atoms with Gasteiger partial charge in [-0.25, -0.2) is 4.79 Å². The number of rotatable bonds is 4. The number of hydrogen-bond donors (Lipinski definition) is 2. The second-order valence-electron chi connectivity index (χ2n) is 3.35. The molecule has 0 spiro atoms. The zero-order valence-electron chi connectivity index (χ0n) is 9.26. The molecule has 0 rings (SSSR count). The molecule has 82 valence electrons. The quantitative estimate of drug-likeness (QED) is 0.681. The third-order valence-corrected chi connectivity index (χ3v) is 1.69. The van der Waals surface area contributed by atoms with Crippen LogP contribution < -0.4 is 10.6 Å². The standard InChI is InChI=1S/C9H19N3O2/c1-5-6-10-9(14)11-7(2)8(13)12(3)4/h7H,5-6H2,1-4H3,(H2,10,11,14). The van der Waals surface area contributed by atoms with Crippen molar-refractivity contribution in [3.63, 3.8) is 0 Å². The monoisotopic (exact) mass is 201 g/mol. The average Bonchev–Trinajstić information content (AvgIpc) is 2.13. The second kappa shape index (κ2) is 6.23. The molecule has 0 aromatic rings. The van der Waals surface area contributed by atoms with Crippen molar-refractivity contribution >= 4 is 11.9 Å². The van der Waals surface area contributed by atoms with Crippen LogP contribution in [0.2, 0.25) is 0 Å². The van der Waals surface area contributed by atoms with E-state index in [0.717, 1.165) is 6.42 Å². The number of urea groups is 1. The summed E-state index contributed by atoms with van der Waals surface area (Å²) in [6, 6.07) is -0.781. The van der Waals surface area contributed by atoms with Gasteiger partial charge in [-0.3, -0.25) is 4.79 Å². The highest BCUT2D eigenvalue weighted by molar-refractivity contribution is 5.86. The highest BCUT2D eigenvalue weighted by atomic mass is 16.2. The lowest BCUT2D eigenvalue weighted by atomic mass is 10.3. The molecule has 0 bridgehead atoms. The molecule has 2 N–H and O–H groups in total. The Balaban J connectivity index is 3.87. The number of carbonyl (C=O) groups is 2. The summed E-state index contributed by atoms with van der Waals surface area (Å²) < 4.78 is 0. The zero-order chi connectivity index (χ0) is 11.1. The summed E-state index contributed by atoms with van der Waals surface area (Å²) in [4.78, 5) is 23.9. The summed E-state index contributed by atoms with van der Waals surface area (Å²) in [5.41, 5.74) is 0. The van der Waals surface area contributed by atoms with Crippen molar-refractivity contribution in [2.24, 2.45) is 0 Å². The molecule has 3 amide bonds. The first kappa shape index (κ1) is 12.7. The SMILES string of the molecule is CCCNC(=O)NC(C)C(=O)N(C)C. The van der Waals surface area contributed by atoms with E-state index in [1.807, 2.05) is 6.92 Å². The fourth-order valence-electron chi connectivity index (χ4n) is 0.935. The second-order valence-corrected chi connectivity index (χ2v) is 3.35. The van der Waals surface area contributed by atoms with Gasteiger partial charge in [0.2, 0.25) is 5.91 Å². The number of likely N-dealkylation sites (N-methyl/N-ethyl adjacent to an activating group) is 1. The first-order valence-electron chi connectivity index (χ1n) is 4.74. The van der Waals surface area contributed by atoms with Crippen LogP contribution in [-0.4, -0.2) is 43.5 Å². The molecule has 0 heterocycles. The van der Waals surface area contributed by atoms with E-state index in [1.54, 1.807) is 21.0 Å². The van der Waals surface area contributed by atoms with E-state index < -0.39 is 6.04 Å². The van der Waals surface area contributed by atoms with Gasteiger partial charge in [0.15, 0.2) is 0 Å². The molecular formula is C9H19N3O2. The Bertz CT molecular complexity index is 204. The summed E-state index contributed by atoms with van der Waals surface area (Å²) >= 11 is 0. The number of nitrogens with zero attached hydrogens (tertiary/aromatic N) is 1. The van der Waals surface area contributed by atoms with E-state index in [1.165, 1.54) is 4.90 Å². The van der Waals surface area contributed by atoms with Crippen LogP contribution in [0.25, 0.3) is 0 Å². The highest BCUT2D eigenvalue weighted by Gasteiger charge is 2.16. The predicted molar refractivity (Wildman–Crippen MR) is 55.0 cm³/mol. The molecule has 14 heavy (non-hydrogen) atoms. The maximum absolute atomic E-state index is 11.3. The van der Waals surface area contributed by atoms with E-state index in [9.17, 15) is 9.59 Å². The smallest absolute Gasteiger partial charge is 0.315 e. The summed E-state index contributed by atoms with van der Waals surface area (Å²) in [5.74, 6) is -0.114. The Kier molecular flexibility index (Phi) is 5.67. The van der Waals surface area contributed by atoms with Crippen LogP contribution in [-0.2, 0) is 4.79 Å². The van der Waals surface area contributed by atoms with Gasteiger partial charge in [-0.2, -0.15) is 0 Å². The van der Waals surface area contributed by atoms with Gasteiger partial charge in [-0.15, -0.1) is 0 Å². The first-order chi connectivity index (χ1) is 6.49. The number of amides is 3. The molecule has 0 aliphatic rings. The van der Waals surface area contributed by atoms with E-state index in [0.29, 0.717) is 6.54 Å². The minimum atomic E-state index is -0.484. The van der Waals surface area contributed by atoms with Gasteiger partial charge in [-0.1, -0.05) is 6.92 Å². The van der Waals surface area contributed by atoms with Crippen LogP contribution in [0.4, 0.5) is 4.79 Å². The number of nitrogens with one attached hydrogen (secondary N) is 2. The van der Waals surface area contributed by atoms with Crippen molar-refractivity contribution in [1.82, 2.24) is 15.5 Å². The van der Waals surface area contributed by atoms with E-state index in [4.69, 9.17) is 0 Å². The molecule has 0 saturated heterocycles. The maximum Gasteiger partial charge on any atom is 0.315 e. The van der Waals surface area contributed by atoms with Crippen molar-refractivity contribution in [2.45, 2.75) is 26.3 Å². The Morgan fingerprint density at radius 1 is 1.36 bits per heavy atom. The largest absolute Gasteiger partial charge is 0.347 e. The van der Waals surface area contributed by atoms with Crippen LogP contribution in [0.3, 0.4) is 0 Å². The zero-order valence-corrected chi connectivity index (χ0v) is 9.26. The van der Waals surface area contributed by atoms with Gasteiger partial charge in [0.25, 0.3) is 0 Å². The van der Waals surface area contributed by atoms with Crippen LogP contribution in [0.1, 0.15) is 20.3 Å². The lowest BCUT2D eigenvalue weighted by Gasteiger charge is -2.18. The van der Waals surface area contributed by atoms with Gasteiger partial charge < -0.3 is 15.5 Å².